The number of piperidine rings is 1. The first-order valence-corrected chi connectivity index (χ1v) is 17.6. The highest BCUT2D eigenvalue weighted by molar-refractivity contribution is 5.97. The SMILES string of the molecule is C/C=C(\C=C/C1=C(C)CN(C)CCC1)C(=O)CCCC1CCN(Cc2cccc(C)c2)CC1.C=C/C(C)=C\C=C(\C)CC.CC. The molecule has 3 rings (SSSR count). The Morgan fingerprint density at radius 1 is 1.07 bits per heavy atom. The molecule has 0 bridgehead atoms. The van der Waals surface area contributed by atoms with E-state index in [9.17, 15) is 4.79 Å². The Hall–Kier alpha value is -2.75. The minimum atomic E-state index is 0.301. The average molecular weight is 615 g/mol. The van der Waals surface area contributed by atoms with Crippen LogP contribution in [0.25, 0.3) is 0 Å². The van der Waals surface area contributed by atoms with Crippen LogP contribution in [0.15, 0.2) is 95.2 Å². The molecule has 0 spiro atoms. The zero-order chi connectivity index (χ0) is 33.6. The molecule has 2 heterocycles. The molecular formula is C42H66N2O. The van der Waals surface area contributed by atoms with Crippen molar-refractivity contribution in [3.63, 3.8) is 0 Å². The van der Waals surface area contributed by atoms with Crippen molar-refractivity contribution in [1.82, 2.24) is 9.80 Å². The second-order valence-electron chi connectivity index (χ2n) is 12.7. The standard InChI is InChI=1S/C30H44N2O.C10H16.C2H6/c1-5-28(14-15-29-12-8-18-31(4)22-25(29)3)30(33)13-7-10-26-16-19-32(20-17-26)23-27-11-6-9-24(2)21-27;1-5-9(3)7-8-10(4)6-2;1-2/h5-6,9,11,14-15,21,26H,7-8,10,12-13,16-20,22-23H2,1-4H3;5,7-8H,1,6H2,2-4H3;1-2H3/b15-14-,28-5+;9-7-,10-8-;. The van der Waals surface area contributed by atoms with Crippen LogP contribution in [-0.2, 0) is 11.3 Å². The quantitative estimate of drug-likeness (QED) is 0.173. The van der Waals surface area contributed by atoms with Crippen molar-refractivity contribution in [2.24, 2.45) is 5.92 Å². The Morgan fingerprint density at radius 3 is 2.40 bits per heavy atom. The number of rotatable bonds is 12. The predicted molar refractivity (Wildman–Crippen MR) is 200 cm³/mol. The molecule has 2 aliphatic rings. The van der Waals surface area contributed by atoms with Gasteiger partial charge in [-0.15, -0.1) is 0 Å². The van der Waals surface area contributed by atoms with E-state index >= 15 is 0 Å². The van der Waals surface area contributed by atoms with Gasteiger partial charge in [-0.25, -0.2) is 0 Å². The molecule has 0 unspecified atom stereocenters. The molecule has 0 amide bonds. The number of allylic oxidation sites excluding steroid dienone is 10. The summed E-state index contributed by atoms with van der Waals surface area (Å²) in [7, 11) is 2.19. The molecule has 3 heteroatoms. The summed E-state index contributed by atoms with van der Waals surface area (Å²) in [6.07, 6.45) is 21.2. The normalized spacial score (nSPS) is 17.8. The second-order valence-corrected chi connectivity index (χ2v) is 12.7. The van der Waals surface area contributed by atoms with Crippen molar-refractivity contribution in [2.75, 3.05) is 33.2 Å². The number of benzene rings is 1. The van der Waals surface area contributed by atoms with Crippen molar-refractivity contribution in [2.45, 2.75) is 113 Å². The van der Waals surface area contributed by atoms with Gasteiger partial charge in [-0.1, -0.05) is 110 Å². The second kappa shape index (κ2) is 23.6. The van der Waals surface area contributed by atoms with Gasteiger partial charge in [-0.3, -0.25) is 9.69 Å². The number of carbonyl (C=O) groups excluding carboxylic acids is 1. The molecule has 0 N–H and O–H groups in total. The maximum absolute atomic E-state index is 12.8. The van der Waals surface area contributed by atoms with Gasteiger partial charge in [0.1, 0.15) is 0 Å². The van der Waals surface area contributed by atoms with E-state index < -0.39 is 0 Å². The summed E-state index contributed by atoms with van der Waals surface area (Å²) in [5, 5.41) is 0. The molecule has 0 radical (unpaired) electrons. The van der Waals surface area contributed by atoms with E-state index in [0.29, 0.717) is 12.2 Å². The van der Waals surface area contributed by atoms with Gasteiger partial charge in [-0.2, -0.15) is 0 Å². The van der Waals surface area contributed by atoms with Crippen molar-refractivity contribution < 1.29 is 4.79 Å². The van der Waals surface area contributed by atoms with Gasteiger partial charge in [0.25, 0.3) is 0 Å². The Balaban J connectivity index is 0.000000719. The molecule has 45 heavy (non-hydrogen) atoms. The van der Waals surface area contributed by atoms with E-state index in [0.717, 1.165) is 50.4 Å². The summed E-state index contributed by atoms with van der Waals surface area (Å²) in [6, 6.07) is 8.87. The number of hydrogen-bond donors (Lipinski definition) is 0. The molecule has 1 aromatic rings. The largest absolute Gasteiger partial charge is 0.302 e. The van der Waals surface area contributed by atoms with Crippen LogP contribution < -0.4 is 0 Å². The lowest BCUT2D eigenvalue weighted by Crippen LogP contribution is -2.33. The number of likely N-dealkylation sites (N-methyl/N-ethyl adjacent to an activating group) is 1. The molecule has 3 nitrogen and oxygen atoms in total. The Kier molecular flexibility index (Phi) is 21.1. The maximum Gasteiger partial charge on any atom is 0.162 e. The third-order valence-corrected chi connectivity index (χ3v) is 8.86. The first kappa shape index (κ1) is 40.3. The number of carbonyl (C=O) groups is 1. The fraction of sp³-hybridized carbons (Fsp3) is 0.548. The van der Waals surface area contributed by atoms with E-state index in [2.05, 4.69) is 99.7 Å². The molecule has 1 aromatic carbocycles. The van der Waals surface area contributed by atoms with Crippen LogP contribution in [0.2, 0.25) is 0 Å². The molecule has 2 aliphatic heterocycles. The third kappa shape index (κ3) is 16.9. The fourth-order valence-corrected chi connectivity index (χ4v) is 5.76. The fourth-order valence-electron chi connectivity index (χ4n) is 5.76. The number of Topliss-reactive ketones (excluding diaryl/α,β-unsaturated/α-hetero) is 1. The molecule has 0 aromatic heterocycles. The van der Waals surface area contributed by atoms with Gasteiger partial charge < -0.3 is 4.90 Å². The van der Waals surface area contributed by atoms with Crippen molar-refractivity contribution in [3.05, 3.63) is 106 Å². The van der Waals surface area contributed by atoms with E-state index in [1.807, 2.05) is 39.8 Å². The van der Waals surface area contributed by atoms with Gasteiger partial charge in [0.05, 0.1) is 0 Å². The number of aryl methyl sites for hydroxylation is 1. The summed E-state index contributed by atoms with van der Waals surface area (Å²) in [4.78, 5) is 17.8. The van der Waals surface area contributed by atoms with Gasteiger partial charge in [0, 0.05) is 25.1 Å². The van der Waals surface area contributed by atoms with Gasteiger partial charge in [-0.05, 0) is 123 Å². The monoisotopic (exact) mass is 615 g/mol. The molecule has 0 saturated carbocycles. The number of likely N-dealkylation sites (tertiary alicyclic amines) is 1. The third-order valence-electron chi connectivity index (χ3n) is 8.86. The topological polar surface area (TPSA) is 23.6 Å². The van der Waals surface area contributed by atoms with E-state index in [1.54, 1.807) is 0 Å². The van der Waals surface area contributed by atoms with E-state index in [-0.39, 0.29) is 0 Å². The molecule has 0 aliphatic carbocycles. The summed E-state index contributed by atoms with van der Waals surface area (Å²) >= 11 is 0. The Labute approximate surface area is 278 Å². The summed E-state index contributed by atoms with van der Waals surface area (Å²) in [5.74, 6) is 1.07. The highest BCUT2D eigenvalue weighted by atomic mass is 16.1. The molecule has 1 saturated heterocycles. The molecular weight excluding hydrogens is 548 g/mol. The van der Waals surface area contributed by atoms with Gasteiger partial charge in [0.2, 0.25) is 0 Å². The molecule has 1 fully saturated rings. The minimum absolute atomic E-state index is 0.301. The highest BCUT2D eigenvalue weighted by Gasteiger charge is 2.19. The lowest BCUT2D eigenvalue weighted by Gasteiger charge is -2.32. The zero-order valence-electron chi connectivity index (χ0n) is 30.6. The minimum Gasteiger partial charge on any atom is -0.302 e. The van der Waals surface area contributed by atoms with Crippen molar-refractivity contribution in [1.29, 1.82) is 0 Å². The van der Waals surface area contributed by atoms with Gasteiger partial charge in [0.15, 0.2) is 5.78 Å². The number of nitrogens with zero attached hydrogens (tertiary/aromatic N) is 2. The summed E-state index contributed by atoms with van der Waals surface area (Å²) in [5.41, 5.74) is 9.10. The van der Waals surface area contributed by atoms with Crippen LogP contribution in [0.4, 0.5) is 0 Å². The van der Waals surface area contributed by atoms with Crippen LogP contribution in [-0.4, -0.2) is 48.8 Å². The van der Waals surface area contributed by atoms with Crippen molar-refractivity contribution in [3.8, 4) is 0 Å². The molecule has 0 atom stereocenters. The summed E-state index contributed by atoms with van der Waals surface area (Å²) in [6.45, 7) is 26.0. The van der Waals surface area contributed by atoms with E-state index in [4.69, 9.17) is 0 Å². The van der Waals surface area contributed by atoms with Crippen molar-refractivity contribution >= 4 is 5.78 Å². The number of ketones is 1. The first-order chi connectivity index (χ1) is 21.6. The zero-order valence-corrected chi connectivity index (χ0v) is 30.6. The lowest BCUT2D eigenvalue weighted by molar-refractivity contribution is -0.115. The average Bonchev–Trinajstić information content (AvgIpc) is 3.20. The van der Waals surface area contributed by atoms with Crippen LogP contribution >= 0.6 is 0 Å². The van der Waals surface area contributed by atoms with Gasteiger partial charge >= 0.3 is 0 Å². The lowest BCUT2D eigenvalue weighted by atomic mass is 9.90. The predicted octanol–water partition coefficient (Wildman–Crippen LogP) is 11.0. The molecule has 250 valence electrons. The Morgan fingerprint density at radius 2 is 1.78 bits per heavy atom. The van der Waals surface area contributed by atoms with Crippen LogP contribution in [0, 0.1) is 12.8 Å². The number of hydrogen-bond acceptors (Lipinski definition) is 3. The van der Waals surface area contributed by atoms with Crippen LogP contribution in [0.1, 0.15) is 111 Å². The smallest absolute Gasteiger partial charge is 0.162 e. The van der Waals surface area contributed by atoms with Crippen LogP contribution in [0.3, 0.4) is 0 Å². The maximum atomic E-state index is 12.8. The van der Waals surface area contributed by atoms with Crippen LogP contribution in [0.5, 0.6) is 0 Å². The Bertz CT molecular complexity index is 1170. The summed E-state index contributed by atoms with van der Waals surface area (Å²) < 4.78 is 0. The highest BCUT2D eigenvalue weighted by Crippen LogP contribution is 2.25. The first-order valence-electron chi connectivity index (χ1n) is 17.6. The van der Waals surface area contributed by atoms with E-state index in [1.165, 1.54) is 72.2 Å².